The predicted octanol–water partition coefficient (Wildman–Crippen LogP) is 12.5. The molecule has 2 nitrogen and oxygen atoms in total. The minimum absolute atomic E-state index is 0.0102. The molecule has 0 saturated heterocycles. The Morgan fingerprint density at radius 2 is 1.10 bits per heavy atom. The van der Waals surface area contributed by atoms with Crippen molar-refractivity contribution in [2.75, 3.05) is 5.33 Å². The molecule has 0 saturated carbocycles. The van der Waals surface area contributed by atoms with E-state index in [0.29, 0.717) is 6.42 Å². The summed E-state index contributed by atoms with van der Waals surface area (Å²) in [5, 5.41) is 0.864. The fourth-order valence-corrected chi connectivity index (χ4v) is 5.01. The Balaban J connectivity index is 3.88. The Labute approximate surface area is 252 Å². The van der Waals surface area contributed by atoms with Crippen LogP contribution in [0.5, 0.6) is 0 Å². The number of alkyl halides is 1. The van der Waals surface area contributed by atoms with Crippen LogP contribution in [0, 0.1) is 0 Å². The van der Waals surface area contributed by atoms with Crippen LogP contribution in [-0.2, 0) is 9.53 Å². The molecule has 0 aliphatic rings. The van der Waals surface area contributed by atoms with Gasteiger partial charge >= 0.3 is 5.97 Å². The number of unbranched alkanes of at least 4 members (excludes halogenated alkanes) is 15. The lowest BCUT2D eigenvalue weighted by molar-refractivity contribution is -0.149. The van der Waals surface area contributed by atoms with E-state index in [4.69, 9.17) is 4.74 Å². The average Bonchev–Trinajstić information content (AvgIpc) is 2.94. The van der Waals surface area contributed by atoms with E-state index >= 15 is 0 Å². The zero-order valence-corrected chi connectivity index (χ0v) is 27.3. The number of carbonyl (C=O) groups is 1. The number of hydrogen-bond donors (Lipinski definition) is 0. The molecule has 0 radical (unpaired) electrons. The van der Waals surface area contributed by atoms with Gasteiger partial charge in [-0.25, -0.2) is 0 Å². The summed E-state index contributed by atoms with van der Waals surface area (Å²) in [6.45, 7) is 6.00. The second-order valence-corrected chi connectivity index (χ2v) is 11.8. The van der Waals surface area contributed by atoms with Gasteiger partial charge in [0.1, 0.15) is 6.10 Å². The molecular weight excluding hydrogens is 544 g/mol. The third-order valence-electron chi connectivity index (χ3n) is 7.16. The van der Waals surface area contributed by atoms with Crippen LogP contribution in [0.3, 0.4) is 0 Å². The van der Waals surface area contributed by atoms with Crippen LogP contribution in [0.4, 0.5) is 0 Å². The van der Waals surface area contributed by atoms with Crippen molar-refractivity contribution in [3.05, 3.63) is 49.1 Å². The van der Waals surface area contributed by atoms with Gasteiger partial charge in [0.2, 0.25) is 0 Å². The molecule has 0 N–H and O–H groups in total. The van der Waals surface area contributed by atoms with Crippen LogP contribution in [-0.4, -0.2) is 17.4 Å². The third-order valence-corrected chi connectivity index (χ3v) is 7.72. The topological polar surface area (TPSA) is 26.3 Å². The number of hydrogen-bond acceptors (Lipinski definition) is 2. The van der Waals surface area contributed by atoms with Gasteiger partial charge < -0.3 is 4.74 Å². The van der Waals surface area contributed by atoms with Crippen molar-refractivity contribution in [3.8, 4) is 0 Å². The summed E-state index contributed by atoms with van der Waals surface area (Å²) in [4.78, 5) is 12.2. The minimum atomic E-state index is -0.0102. The highest BCUT2D eigenvalue weighted by Gasteiger charge is 2.14. The molecule has 0 bridgehead atoms. The quantitative estimate of drug-likeness (QED) is 0.0351. The molecule has 39 heavy (non-hydrogen) atoms. The number of allylic oxidation sites excluding steroid dienone is 7. The lowest BCUT2D eigenvalue weighted by Crippen LogP contribution is -2.18. The Morgan fingerprint density at radius 3 is 1.59 bits per heavy atom. The average molecular weight is 608 g/mol. The molecule has 3 heteroatoms. The third kappa shape index (κ3) is 31.3. The van der Waals surface area contributed by atoms with Crippen LogP contribution in [0.25, 0.3) is 0 Å². The molecule has 0 fully saturated rings. The highest BCUT2D eigenvalue weighted by Crippen LogP contribution is 2.18. The Kier molecular flexibility index (Phi) is 32.2. The maximum Gasteiger partial charge on any atom is 0.306 e. The van der Waals surface area contributed by atoms with Gasteiger partial charge in [0.25, 0.3) is 0 Å². The molecule has 0 aliphatic carbocycles. The van der Waals surface area contributed by atoms with Crippen molar-refractivity contribution in [1.82, 2.24) is 0 Å². The number of rotatable bonds is 30. The fourth-order valence-electron chi connectivity index (χ4n) is 4.73. The van der Waals surface area contributed by atoms with E-state index in [1.54, 1.807) is 0 Å². The van der Waals surface area contributed by atoms with Gasteiger partial charge in [-0.3, -0.25) is 4.79 Å². The molecule has 0 amide bonds. The highest BCUT2D eigenvalue weighted by molar-refractivity contribution is 9.09. The van der Waals surface area contributed by atoms with Crippen LogP contribution in [0.2, 0.25) is 0 Å². The number of carbonyl (C=O) groups excluding carboxylic acids is 1. The predicted molar refractivity (Wildman–Crippen MR) is 178 cm³/mol. The summed E-state index contributed by atoms with van der Waals surface area (Å²) in [5.74, 6) is -0.0102. The van der Waals surface area contributed by atoms with Crippen molar-refractivity contribution < 1.29 is 9.53 Å². The van der Waals surface area contributed by atoms with Crippen molar-refractivity contribution in [3.63, 3.8) is 0 Å². The molecule has 0 aromatic heterocycles. The first-order valence-corrected chi connectivity index (χ1v) is 17.7. The molecule has 0 aromatic carbocycles. The van der Waals surface area contributed by atoms with Gasteiger partial charge in [0.05, 0.1) is 0 Å². The smallest absolute Gasteiger partial charge is 0.306 e. The summed E-state index contributed by atoms with van der Waals surface area (Å²) >= 11 is 3.42. The Hall–Kier alpha value is -1.09. The molecule has 0 aromatic rings. The van der Waals surface area contributed by atoms with Gasteiger partial charge in [0.15, 0.2) is 0 Å². The standard InChI is InChI=1S/C36H63BrO2/c1-3-5-7-9-11-13-15-16-17-18-19-21-23-25-27-29-32-35(39-36(38)33-30-34-37)31-28-26-24-22-20-14-12-10-8-6-4-2/h4,8,10-11,13,16-17,35H,2-3,5-7,9,12,14-15,18-34H2,1H3/b10-8-,13-11-,17-16-. The minimum Gasteiger partial charge on any atom is -0.462 e. The van der Waals surface area contributed by atoms with Gasteiger partial charge in [-0.2, -0.15) is 0 Å². The molecule has 0 aliphatic heterocycles. The van der Waals surface area contributed by atoms with Crippen molar-refractivity contribution in [2.24, 2.45) is 0 Å². The first kappa shape index (κ1) is 37.9. The van der Waals surface area contributed by atoms with E-state index in [1.165, 1.54) is 116 Å². The van der Waals surface area contributed by atoms with Crippen LogP contribution in [0.15, 0.2) is 49.1 Å². The number of ether oxygens (including phenoxy) is 1. The van der Waals surface area contributed by atoms with Crippen molar-refractivity contribution in [2.45, 2.75) is 167 Å². The van der Waals surface area contributed by atoms with Crippen LogP contribution < -0.4 is 0 Å². The molecule has 0 heterocycles. The van der Waals surface area contributed by atoms with Crippen molar-refractivity contribution in [1.29, 1.82) is 0 Å². The number of halogens is 1. The summed E-state index contributed by atoms with van der Waals surface area (Å²) < 4.78 is 5.88. The second-order valence-electron chi connectivity index (χ2n) is 11.0. The largest absolute Gasteiger partial charge is 0.462 e. The van der Waals surface area contributed by atoms with Gasteiger partial charge in [-0.05, 0) is 83.5 Å². The zero-order chi connectivity index (χ0) is 28.5. The van der Waals surface area contributed by atoms with Crippen molar-refractivity contribution >= 4 is 21.9 Å². The molecule has 1 unspecified atom stereocenters. The molecule has 0 spiro atoms. The normalized spacial score (nSPS) is 12.7. The van der Waals surface area contributed by atoms with E-state index in [0.717, 1.165) is 37.4 Å². The molecule has 226 valence electrons. The first-order valence-electron chi connectivity index (χ1n) is 16.6. The first-order chi connectivity index (χ1) is 19.2. The van der Waals surface area contributed by atoms with Gasteiger partial charge in [-0.1, -0.05) is 130 Å². The van der Waals surface area contributed by atoms with E-state index in [9.17, 15) is 4.79 Å². The summed E-state index contributed by atoms with van der Waals surface area (Å²) in [7, 11) is 0. The molecule has 0 rings (SSSR count). The maximum atomic E-state index is 12.2. The summed E-state index contributed by atoms with van der Waals surface area (Å²) in [6.07, 6.45) is 44.4. The lowest BCUT2D eigenvalue weighted by atomic mass is 10.0. The number of esters is 1. The SMILES string of the molecule is C=CC/C=C\CCCCCCCCC(CCCCCCCC/C=C\C/C=C\CCCCC)OC(=O)CCCBr. The fraction of sp³-hybridized carbons (Fsp3) is 0.750. The van der Waals surface area contributed by atoms with E-state index in [2.05, 4.69) is 65.9 Å². The summed E-state index contributed by atoms with van der Waals surface area (Å²) in [6, 6.07) is 0. The van der Waals surface area contributed by atoms with E-state index in [1.807, 2.05) is 6.08 Å². The Morgan fingerprint density at radius 1 is 0.641 bits per heavy atom. The highest BCUT2D eigenvalue weighted by atomic mass is 79.9. The molecular formula is C36H63BrO2. The maximum absolute atomic E-state index is 12.2. The summed E-state index contributed by atoms with van der Waals surface area (Å²) in [5.41, 5.74) is 0. The van der Waals surface area contributed by atoms with Gasteiger partial charge in [-0.15, -0.1) is 6.58 Å². The van der Waals surface area contributed by atoms with Crippen LogP contribution in [0.1, 0.15) is 161 Å². The Bertz CT molecular complexity index is 607. The van der Waals surface area contributed by atoms with E-state index < -0.39 is 0 Å². The monoisotopic (exact) mass is 606 g/mol. The zero-order valence-electron chi connectivity index (χ0n) is 25.7. The lowest BCUT2D eigenvalue weighted by Gasteiger charge is -2.18. The van der Waals surface area contributed by atoms with Gasteiger partial charge in [0, 0.05) is 11.8 Å². The van der Waals surface area contributed by atoms with E-state index in [-0.39, 0.29) is 12.1 Å². The second kappa shape index (κ2) is 33.1. The van der Waals surface area contributed by atoms with Crippen LogP contribution >= 0.6 is 15.9 Å². The molecule has 1 atom stereocenters.